The van der Waals surface area contributed by atoms with E-state index in [1.807, 2.05) is 26.0 Å². The van der Waals surface area contributed by atoms with Gasteiger partial charge < -0.3 is 0 Å². The summed E-state index contributed by atoms with van der Waals surface area (Å²) in [5.41, 5.74) is 2.76. The number of rotatable bonds is 2. The van der Waals surface area contributed by atoms with Crippen LogP contribution in [0.15, 0.2) is 28.7 Å². The molecule has 0 saturated heterocycles. The van der Waals surface area contributed by atoms with Crippen molar-refractivity contribution < 1.29 is 13.2 Å². The molecule has 20 heavy (non-hydrogen) atoms. The minimum atomic E-state index is -1.48. The Morgan fingerprint density at radius 1 is 0.950 bits per heavy atom. The van der Waals surface area contributed by atoms with Gasteiger partial charge in [0.1, 0.15) is 0 Å². The molecule has 0 fully saturated rings. The molecule has 5 heteroatoms. The minimum Gasteiger partial charge on any atom is -0.204 e. The molecule has 0 amide bonds. The highest BCUT2D eigenvalue weighted by Gasteiger charge is 2.19. The summed E-state index contributed by atoms with van der Waals surface area (Å²) >= 11 is 9.69. The number of hydrogen-bond acceptors (Lipinski definition) is 0. The second-order valence-corrected chi connectivity index (χ2v) is 5.91. The Balaban J connectivity index is 2.51. The van der Waals surface area contributed by atoms with E-state index in [4.69, 9.17) is 11.6 Å². The Morgan fingerprint density at radius 3 is 2.05 bits per heavy atom. The molecule has 0 aromatic heterocycles. The van der Waals surface area contributed by atoms with E-state index >= 15 is 0 Å². The molecule has 2 aromatic carbocycles. The van der Waals surface area contributed by atoms with Crippen LogP contribution < -0.4 is 0 Å². The van der Waals surface area contributed by atoms with Crippen molar-refractivity contribution in [3.05, 3.63) is 68.4 Å². The highest BCUT2D eigenvalue weighted by atomic mass is 79.9. The van der Waals surface area contributed by atoms with Gasteiger partial charge >= 0.3 is 0 Å². The van der Waals surface area contributed by atoms with Crippen LogP contribution in [0.2, 0.25) is 0 Å². The first-order chi connectivity index (χ1) is 9.31. The fraction of sp³-hybridized carbons (Fsp3) is 0.200. The molecular weight excluding hydrogens is 353 g/mol. The highest BCUT2D eigenvalue weighted by molar-refractivity contribution is 9.10. The molecule has 0 aliphatic carbocycles. The van der Waals surface area contributed by atoms with Gasteiger partial charge in [0, 0.05) is 4.47 Å². The monoisotopic (exact) mass is 362 g/mol. The van der Waals surface area contributed by atoms with Gasteiger partial charge in [0.2, 0.25) is 0 Å². The molecule has 1 unspecified atom stereocenters. The van der Waals surface area contributed by atoms with E-state index in [9.17, 15) is 13.2 Å². The average Bonchev–Trinajstić information content (AvgIpc) is 2.38. The van der Waals surface area contributed by atoms with Crippen molar-refractivity contribution in [2.45, 2.75) is 19.2 Å². The normalized spacial score (nSPS) is 12.6. The molecule has 2 aromatic rings. The van der Waals surface area contributed by atoms with Gasteiger partial charge in [0.15, 0.2) is 17.5 Å². The summed E-state index contributed by atoms with van der Waals surface area (Å²) in [4.78, 5) is 0. The lowest BCUT2D eigenvalue weighted by molar-refractivity contribution is 0.445. The van der Waals surface area contributed by atoms with Gasteiger partial charge in [-0.3, -0.25) is 0 Å². The van der Waals surface area contributed by atoms with Crippen LogP contribution >= 0.6 is 27.5 Å². The van der Waals surface area contributed by atoms with Crippen LogP contribution in [-0.4, -0.2) is 0 Å². The van der Waals surface area contributed by atoms with Crippen molar-refractivity contribution in [2.24, 2.45) is 0 Å². The molecule has 0 heterocycles. The van der Waals surface area contributed by atoms with Crippen molar-refractivity contribution in [3.8, 4) is 0 Å². The summed E-state index contributed by atoms with van der Waals surface area (Å²) in [6.07, 6.45) is 0. The Bertz CT molecular complexity index is 647. The van der Waals surface area contributed by atoms with Crippen molar-refractivity contribution in [2.75, 3.05) is 0 Å². The lowest BCUT2D eigenvalue weighted by Crippen LogP contribution is -2.01. The number of hydrogen-bond donors (Lipinski definition) is 0. The molecule has 0 aliphatic heterocycles. The van der Waals surface area contributed by atoms with Gasteiger partial charge in [-0.2, -0.15) is 0 Å². The lowest BCUT2D eigenvalue weighted by atomic mass is 9.98. The Hall–Kier alpha value is -1.000. The molecule has 106 valence electrons. The van der Waals surface area contributed by atoms with Crippen LogP contribution in [0.4, 0.5) is 13.2 Å². The maximum atomic E-state index is 13.3. The lowest BCUT2D eigenvalue weighted by Gasteiger charge is -2.15. The number of benzene rings is 2. The zero-order chi connectivity index (χ0) is 15.0. The average molecular weight is 364 g/mol. The standard InChI is InChI=1S/C15H11BrClF3/c1-7-4-11(16)8(2)3-10(7)14(17)9-5-12(18)15(20)13(19)6-9/h3-6,14H,1-2H3. The molecule has 0 nitrogen and oxygen atoms in total. The Morgan fingerprint density at radius 2 is 1.50 bits per heavy atom. The third-order valence-corrected chi connectivity index (χ3v) is 4.46. The largest absolute Gasteiger partial charge is 0.204 e. The first kappa shape index (κ1) is 15.4. The van der Waals surface area contributed by atoms with E-state index in [0.29, 0.717) is 0 Å². The fourth-order valence-corrected chi connectivity index (χ4v) is 2.80. The number of alkyl halides is 1. The molecule has 2 rings (SSSR count). The molecule has 0 bridgehead atoms. The van der Waals surface area contributed by atoms with Crippen LogP contribution in [0.3, 0.4) is 0 Å². The maximum absolute atomic E-state index is 13.3. The van der Waals surface area contributed by atoms with Gasteiger partial charge in [-0.25, -0.2) is 13.2 Å². The van der Waals surface area contributed by atoms with E-state index in [1.165, 1.54) is 0 Å². The van der Waals surface area contributed by atoms with Crippen LogP contribution in [0.5, 0.6) is 0 Å². The summed E-state index contributed by atoms with van der Waals surface area (Å²) in [5.74, 6) is -3.96. The van der Waals surface area contributed by atoms with Gasteiger partial charge in [0.25, 0.3) is 0 Å². The van der Waals surface area contributed by atoms with Crippen LogP contribution in [0.25, 0.3) is 0 Å². The number of halogens is 5. The van der Waals surface area contributed by atoms with E-state index in [1.54, 1.807) is 0 Å². The smallest absolute Gasteiger partial charge is 0.194 e. The number of aryl methyl sites for hydroxylation is 2. The quantitative estimate of drug-likeness (QED) is 0.466. The first-order valence-corrected chi connectivity index (χ1v) is 7.09. The van der Waals surface area contributed by atoms with Crippen LogP contribution in [0, 0.1) is 31.3 Å². The third-order valence-electron chi connectivity index (χ3n) is 3.12. The first-order valence-electron chi connectivity index (χ1n) is 5.86. The van der Waals surface area contributed by atoms with Gasteiger partial charge in [0.05, 0.1) is 5.38 Å². The van der Waals surface area contributed by atoms with Crippen molar-refractivity contribution in [1.29, 1.82) is 0 Å². The molecule has 0 N–H and O–H groups in total. The maximum Gasteiger partial charge on any atom is 0.194 e. The predicted molar refractivity (Wildman–Crippen MR) is 77.6 cm³/mol. The fourth-order valence-electron chi connectivity index (χ4n) is 1.98. The molecule has 0 aliphatic rings. The van der Waals surface area contributed by atoms with Crippen LogP contribution in [-0.2, 0) is 0 Å². The van der Waals surface area contributed by atoms with Crippen molar-refractivity contribution in [1.82, 2.24) is 0 Å². The second-order valence-electron chi connectivity index (χ2n) is 4.62. The van der Waals surface area contributed by atoms with Crippen molar-refractivity contribution in [3.63, 3.8) is 0 Å². The van der Waals surface area contributed by atoms with Gasteiger partial charge in [-0.15, -0.1) is 11.6 Å². The zero-order valence-electron chi connectivity index (χ0n) is 10.8. The van der Waals surface area contributed by atoms with Crippen molar-refractivity contribution >= 4 is 27.5 Å². The molecule has 0 spiro atoms. The SMILES string of the molecule is Cc1cc(C(Cl)c2cc(F)c(F)c(F)c2)c(C)cc1Br. The summed E-state index contributed by atoms with van der Waals surface area (Å²) in [6, 6.07) is 5.58. The molecule has 0 saturated carbocycles. The minimum absolute atomic E-state index is 0.188. The predicted octanol–water partition coefficient (Wildman–Crippen LogP) is 5.81. The second kappa shape index (κ2) is 5.78. The summed E-state index contributed by atoms with van der Waals surface area (Å²) in [7, 11) is 0. The summed E-state index contributed by atoms with van der Waals surface area (Å²) in [5, 5.41) is -0.744. The van der Waals surface area contributed by atoms with E-state index in [2.05, 4.69) is 15.9 Å². The molecular formula is C15H11BrClF3. The zero-order valence-corrected chi connectivity index (χ0v) is 13.1. The van der Waals surface area contributed by atoms with E-state index < -0.39 is 22.8 Å². The highest BCUT2D eigenvalue weighted by Crippen LogP contribution is 2.34. The van der Waals surface area contributed by atoms with Gasteiger partial charge in [-0.05, 0) is 54.3 Å². The van der Waals surface area contributed by atoms with Crippen LogP contribution in [0.1, 0.15) is 27.6 Å². The van der Waals surface area contributed by atoms with E-state index in [-0.39, 0.29) is 5.56 Å². The summed E-state index contributed by atoms with van der Waals surface area (Å²) in [6.45, 7) is 3.74. The Labute approximate surface area is 128 Å². The third kappa shape index (κ3) is 2.86. The topological polar surface area (TPSA) is 0 Å². The van der Waals surface area contributed by atoms with Gasteiger partial charge in [-0.1, -0.05) is 22.0 Å². The molecule has 1 atom stereocenters. The molecule has 0 radical (unpaired) electrons. The Kier molecular flexibility index (Phi) is 4.45. The van der Waals surface area contributed by atoms with E-state index in [0.717, 1.165) is 33.3 Å². The summed E-state index contributed by atoms with van der Waals surface area (Å²) < 4.78 is 40.5.